The molecule has 2 nitrogen and oxygen atoms in total. The number of benzene rings is 1. The van der Waals surface area contributed by atoms with Crippen molar-refractivity contribution in [2.45, 2.75) is 46.0 Å². The van der Waals surface area contributed by atoms with Crippen LogP contribution in [0.4, 0.5) is 0 Å². The molecule has 2 heteroatoms. The van der Waals surface area contributed by atoms with E-state index in [1.807, 2.05) is 13.0 Å². The number of hydrogen-bond acceptors (Lipinski definition) is 2. The van der Waals surface area contributed by atoms with Crippen molar-refractivity contribution >= 4 is 0 Å². The average Bonchev–Trinajstić information content (AvgIpc) is 2.36. The third-order valence-corrected chi connectivity index (χ3v) is 3.28. The Morgan fingerprint density at radius 1 is 1.17 bits per heavy atom. The molecular formula is C16H27NO. The molecule has 1 aromatic rings. The van der Waals surface area contributed by atoms with Gasteiger partial charge >= 0.3 is 0 Å². The van der Waals surface area contributed by atoms with E-state index < -0.39 is 0 Å². The number of rotatable bonds is 8. The third kappa shape index (κ3) is 4.69. The van der Waals surface area contributed by atoms with Crippen LogP contribution in [0.2, 0.25) is 0 Å². The lowest BCUT2D eigenvalue weighted by Crippen LogP contribution is -2.25. The van der Waals surface area contributed by atoms with Gasteiger partial charge in [-0.05, 0) is 56.0 Å². The summed E-state index contributed by atoms with van der Waals surface area (Å²) >= 11 is 0. The largest absolute Gasteiger partial charge is 0.494 e. The van der Waals surface area contributed by atoms with Crippen molar-refractivity contribution in [2.24, 2.45) is 0 Å². The van der Waals surface area contributed by atoms with E-state index in [4.69, 9.17) is 4.74 Å². The average molecular weight is 249 g/mol. The van der Waals surface area contributed by atoms with E-state index in [0.29, 0.717) is 0 Å². The zero-order valence-corrected chi connectivity index (χ0v) is 12.3. The van der Waals surface area contributed by atoms with Crippen LogP contribution < -0.4 is 10.1 Å². The van der Waals surface area contributed by atoms with Gasteiger partial charge in [0.2, 0.25) is 0 Å². The van der Waals surface area contributed by atoms with Crippen LogP contribution in [-0.2, 0) is 5.41 Å². The highest BCUT2D eigenvalue weighted by molar-refractivity contribution is 5.33. The first-order valence-electron chi connectivity index (χ1n) is 7.04. The van der Waals surface area contributed by atoms with Gasteiger partial charge in [0.25, 0.3) is 0 Å². The standard InChI is InChI=1S/C16H27NO/c1-5-11-17-12-10-16(3,4)14-8-7-9-15(13-14)18-6-2/h7-9,13,17H,5-6,10-12H2,1-4H3. The molecular weight excluding hydrogens is 222 g/mol. The minimum atomic E-state index is 0.188. The van der Waals surface area contributed by atoms with Gasteiger partial charge in [-0.15, -0.1) is 0 Å². The van der Waals surface area contributed by atoms with Crippen LogP contribution in [0.1, 0.15) is 46.1 Å². The molecule has 0 bridgehead atoms. The molecule has 1 rings (SSSR count). The molecule has 0 radical (unpaired) electrons. The first-order chi connectivity index (χ1) is 8.60. The smallest absolute Gasteiger partial charge is 0.119 e. The Labute approximate surface area is 112 Å². The number of hydrogen-bond donors (Lipinski definition) is 1. The van der Waals surface area contributed by atoms with Crippen molar-refractivity contribution in [3.63, 3.8) is 0 Å². The zero-order chi connectivity index (χ0) is 13.4. The molecule has 1 aromatic carbocycles. The molecule has 0 heterocycles. The minimum absolute atomic E-state index is 0.188. The second-order valence-corrected chi connectivity index (χ2v) is 5.34. The molecule has 0 unspecified atom stereocenters. The fourth-order valence-corrected chi connectivity index (χ4v) is 2.02. The Morgan fingerprint density at radius 2 is 1.94 bits per heavy atom. The molecule has 0 atom stereocenters. The summed E-state index contributed by atoms with van der Waals surface area (Å²) in [7, 11) is 0. The van der Waals surface area contributed by atoms with Crippen molar-refractivity contribution in [1.29, 1.82) is 0 Å². The van der Waals surface area contributed by atoms with E-state index in [1.54, 1.807) is 0 Å². The topological polar surface area (TPSA) is 21.3 Å². The van der Waals surface area contributed by atoms with Crippen molar-refractivity contribution in [3.8, 4) is 5.75 Å². The van der Waals surface area contributed by atoms with Gasteiger partial charge in [-0.25, -0.2) is 0 Å². The van der Waals surface area contributed by atoms with Crippen LogP contribution in [0.3, 0.4) is 0 Å². The summed E-state index contributed by atoms with van der Waals surface area (Å²) in [4.78, 5) is 0. The van der Waals surface area contributed by atoms with Gasteiger partial charge in [-0.2, -0.15) is 0 Å². The molecule has 18 heavy (non-hydrogen) atoms. The minimum Gasteiger partial charge on any atom is -0.494 e. The molecule has 0 saturated heterocycles. The Kier molecular flexibility index (Phi) is 6.20. The number of ether oxygens (including phenoxy) is 1. The molecule has 1 N–H and O–H groups in total. The highest BCUT2D eigenvalue weighted by Gasteiger charge is 2.20. The Hall–Kier alpha value is -1.02. The molecule has 0 amide bonds. The van der Waals surface area contributed by atoms with E-state index in [2.05, 4.69) is 44.3 Å². The van der Waals surface area contributed by atoms with Crippen molar-refractivity contribution < 1.29 is 4.74 Å². The molecule has 102 valence electrons. The quantitative estimate of drug-likeness (QED) is 0.708. The van der Waals surface area contributed by atoms with Crippen LogP contribution in [0.25, 0.3) is 0 Å². The monoisotopic (exact) mass is 249 g/mol. The molecule has 0 aliphatic heterocycles. The fraction of sp³-hybridized carbons (Fsp3) is 0.625. The Morgan fingerprint density at radius 3 is 2.61 bits per heavy atom. The molecule has 0 fully saturated rings. The van der Waals surface area contributed by atoms with Gasteiger partial charge in [0.1, 0.15) is 5.75 Å². The van der Waals surface area contributed by atoms with Crippen LogP contribution in [0.5, 0.6) is 5.75 Å². The van der Waals surface area contributed by atoms with E-state index in [-0.39, 0.29) is 5.41 Å². The fourth-order valence-electron chi connectivity index (χ4n) is 2.02. The van der Waals surface area contributed by atoms with Gasteiger partial charge in [0.05, 0.1) is 6.61 Å². The predicted octanol–water partition coefficient (Wildman–Crippen LogP) is 3.75. The van der Waals surface area contributed by atoms with Crippen molar-refractivity contribution in [1.82, 2.24) is 5.32 Å². The number of nitrogens with one attached hydrogen (secondary N) is 1. The Balaban J connectivity index is 2.62. The highest BCUT2D eigenvalue weighted by atomic mass is 16.5. The third-order valence-electron chi connectivity index (χ3n) is 3.28. The van der Waals surface area contributed by atoms with E-state index in [9.17, 15) is 0 Å². The van der Waals surface area contributed by atoms with Gasteiger partial charge < -0.3 is 10.1 Å². The highest BCUT2D eigenvalue weighted by Crippen LogP contribution is 2.29. The SMILES string of the molecule is CCCNCCC(C)(C)c1cccc(OCC)c1. The summed E-state index contributed by atoms with van der Waals surface area (Å²) in [6, 6.07) is 8.48. The van der Waals surface area contributed by atoms with E-state index >= 15 is 0 Å². The summed E-state index contributed by atoms with van der Waals surface area (Å²) in [5, 5.41) is 3.47. The van der Waals surface area contributed by atoms with Crippen LogP contribution >= 0.6 is 0 Å². The van der Waals surface area contributed by atoms with Crippen molar-refractivity contribution in [2.75, 3.05) is 19.7 Å². The summed E-state index contributed by atoms with van der Waals surface area (Å²) in [6.07, 6.45) is 2.34. The van der Waals surface area contributed by atoms with Crippen LogP contribution in [-0.4, -0.2) is 19.7 Å². The van der Waals surface area contributed by atoms with Gasteiger partial charge in [-0.3, -0.25) is 0 Å². The maximum absolute atomic E-state index is 5.57. The first-order valence-corrected chi connectivity index (χ1v) is 7.04. The maximum Gasteiger partial charge on any atom is 0.119 e. The van der Waals surface area contributed by atoms with Crippen molar-refractivity contribution in [3.05, 3.63) is 29.8 Å². The predicted molar refractivity (Wildman–Crippen MR) is 78.4 cm³/mol. The lowest BCUT2D eigenvalue weighted by atomic mass is 9.81. The molecule has 0 aliphatic rings. The first kappa shape index (κ1) is 15.0. The van der Waals surface area contributed by atoms with Gasteiger partial charge in [0, 0.05) is 0 Å². The second-order valence-electron chi connectivity index (χ2n) is 5.34. The lowest BCUT2D eigenvalue weighted by Gasteiger charge is -2.26. The lowest BCUT2D eigenvalue weighted by molar-refractivity contribution is 0.338. The molecule has 0 spiro atoms. The maximum atomic E-state index is 5.57. The summed E-state index contributed by atoms with van der Waals surface area (Å²) in [5.41, 5.74) is 1.54. The van der Waals surface area contributed by atoms with Crippen LogP contribution in [0, 0.1) is 0 Å². The molecule has 0 saturated carbocycles. The normalized spacial score (nSPS) is 11.6. The zero-order valence-electron chi connectivity index (χ0n) is 12.3. The summed E-state index contributed by atoms with van der Waals surface area (Å²) < 4.78 is 5.57. The summed E-state index contributed by atoms with van der Waals surface area (Å²) in [6.45, 7) is 11.7. The molecule has 0 aromatic heterocycles. The molecule has 0 aliphatic carbocycles. The van der Waals surface area contributed by atoms with E-state index in [1.165, 1.54) is 12.0 Å². The van der Waals surface area contributed by atoms with Gasteiger partial charge in [0.15, 0.2) is 0 Å². The summed E-state index contributed by atoms with van der Waals surface area (Å²) in [5.74, 6) is 0.976. The second kappa shape index (κ2) is 7.42. The van der Waals surface area contributed by atoms with E-state index in [0.717, 1.165) is 31.9 Å². The Bertz CT molecular complexity index is 347. The van der Waals surface area contributed by atoms with Gasteiger partial charge in [-0.1, -0.05) is 32.9 Å². The van der Waals surface area contributed by atoms with Crippen LogP contribution in [0.15, 0.2) is 24.3 Å².